The summed E-state index contributed by atoms with van der Waals surface area (Å²) in [6.45, 7) is 0. The van der Waals surface area contributed by atoms with Crippen LogP contribution in [0.2, 0.25) is 0 Å². The lowest BCUT2D eigenvalue weighted by molar-refractivity contribution is 0.452. The molecule has 0 radical (unpaired) electrons. The highest BCUT2D eigenvalue weighted by Gasteiger charge is 2.28. The summed E-state index contributed by atoms with van der Waals surface area (Å²) >= 11 is 0. The van der Waals surface area contributed by atoms with Crippen molar-refractivity contribution in [2.45, 2.75) is 25.3 Å². The van der Waals surface area contributed by atoms with Crippen LogP contribution in [0.25, 0.3) is 0 Å². The second-order valence-electron chi connectivity index (χ2n) is 4.04. The number of rotatable bonds is 3. The van der Waals surface area contributed by atoms with Gasteiger partial charge in [-0.15, -0.1) is 12.4 Å². The molecular weight excluding hydrogens is 239 g/mol. The van der Waals surface area contributed by atoms with Crippen LogP contribution in [-0.2, 0) is 0 Å². The van der Waals surface area contributed by atoms with E-state index in [1.54, 1.807) is 0 Å². The Morgan fingerprint density at radius 2 is 1.75 bits per heavy atom. The molecule has 2 rings (SSSR count). The number of hydrogen-bond donors (Lipinski definition) is 1. The van der Waals surface area contributed by atoms with E-state index in [0.29, 0.717) is 12.3 Å². The first-order valence-corrected chi connectivity index (χ1v) is 4.98. The van der Waals surface area contributed by atoms with Gasteiger partial charge in [0.25, 0.3) is 0 Å². The highest BCUT2D eigenvalue weighted by atomic mass is 35.5. The molecular formula is C11H13ClF3N. The molecule has 1 fully saturated rings. The van der Waals surface area contributed by atoms with E-state index in [9.17, 15) is 13.2 Å². The Morgan fingerprint density at radius 3 is 2.31 bits per heavy atom. The first kappa shape index (κ1) is 13.3. The van der Waals surface area contributed by atoms with Gasteiger partial charge in [0.2, 0.25) is 0 Å². The van der Waals surface area contributed by atoms with E-state index in [2.05, 4.69) is 0 Å². The molecule has 2 N–H and O–H groups in total. The summed E-state index contributed by atoms with van der Waals surface area (Å²) in [5.74, 6) is -2.51. The molecule has 1 aliphatic carbocycles. The first-order chi connectivity index (χ1) is 7.09. The molecule has 90 valence electrons. The van der Waals surface area contributed by atoms with Crippen molar-refractivity contribution in [3.63, 3.8) is 0 Å². The average molecular weight is 252 g/mol. The summed E-state index contributed by atoms with van der Waals surface area (Å²) in [6, 6.07) is 0.951. The van der Waals surface area contributed by atoms with Gasteiger partial charge in [0, 0.05) is 11.6 Å². The molecule has 0 saturated heterocycles. The molecule has 0 aliphatic heterocycles. The minimum atomic E-state index is -1.15. The monoisotopic (exact) mass is 251 g/mol. The van der Waals surface area contributed by atoms with Gasteiger partial charge in [0.05, 0.1) is 0 Å². The second kappa shape index (κ2) is 5.06. The van der Waals surface area contributed by atoms with Gasteiger partial charge in [-0.05, 0) is 24.5 Å². The van der Waals surface area contributed by atoms with E-state index in [1.807, 2.05) is 0 Å². The lowest BCUT2D eigenvalue weighted by atomic mass is 10.0. The smallest absolute Gasteiger partial charge is 0.166 e. The summed E-state index contributed by atoms with van der Waals surface area (Å²) in [5.41, 5.74) is 5.34. The molecule has 0 heterocycles. The molecule has 1 aliphatic rings. The van der Waals surface area contributed by atoms with Crippen molar-refractivity contribution in [3.8, 4) is 0 Å². The standard InChI is InChI=1S/C11H12F3N.ClH/c12-7-3-4-8(13)11(14)10(7)9(15)5-6-1-2-6;/h3-4,6,9H,1-2,5,15H2;1H/t9-;/m0./s1. The fraction of sp³-hybridized carbons (Fsp3) is 0.455. The van der Waals surface area contributed by atoms with Gasteiger partial charge in [-0.1, -0.05) is 12.8 Å². The normalized spacial score (nSPS) is 16.8. The molecule has 0 spiro atoms. The Balaban J connectivity index is 0.00000128. The Kier molecular flexibility index (Phi) is 4.21. The van der Waals surface area contributed by atoms with Gasteiger partial charge >= 0.3 is 0 Å². The number of halogens is 4. The second-order valence-corrected chi connectivity index (χ2v) is 4.04. The maximum atomic E-state index is 13.3. The Morgan fingerprint density at radius 1 is 1.19 bits per heavy atom. The summed E-state index contributed by atoms with van der Waals surface area (Å²) in [6.07, 6.45) is 2.62. The number of hydrogen-bond acceptors (Lipinski definition) is 1. The van der Waals surface area contributed by atoms with Crippen LogP contribution in [0.1, 0.15) is 30.9 Å². The van der Waals surface area contributed by atoms with Crippen molar-refractivity contribution in [3.05, 3.63) is 35.1 Å². The molecule has 1 nitrogen and oxygen atoms in total. The maximum Gasteiger partial charge on any atom is 0.166 e. The van der Waals surface area contributed by atoms with Crippen LogP contribution in [0.4, 0.5) is 13.2 Å². The van der Waals surface area contributed by atoms with Crippen LogP contribution >= 0.6 is 12.4 Å². The van der Waals surface area contributed by atoms with Crippen molar-refractivity contribution >= 4 is 12.4 Å². The van der Waals surface area contributed by atoms with Gasteiger partial charge < -0.3 is 5.73 Å². The van der Waals surface area contributed by atoms with Gasteiger partial charge in [0.1, 0.15) is 5.82 Å². The van der Waals surface area contributed by atoms with Crippen LogP contribution in [0, 0.1) is 23.4 Å². The van der Waals surface area contributed by atoms with Crippen LogP contribution in [0.3, 0.4) is 0 Å². The van der Waals surface area contributed by atoms with E-state index in [0.717, 1.165) is 25.0 Å². The highest BCUT2D eigenvalue weighted by Crippen LogP contribution is 2.37. The van der Waals surface area contributed by atoms with Crippen molar-refractivity contribution in [2.24, 2.45) is 11.7 Å². The molecule has 0 unspecified atom stereocenters. The van der Waals surface area contributed by atoms with Crippen LogP contribution in [0.15, 0.2) is 12.1 Å². The summed E-state index contributed by atoms with van der Waals surface area (Å²) in [7, 11) is 0. The highest BCUT2D eigenvalue weighted by molar-refractivity contribution is 5.85. The zero-order chi connectivity index (χ0) is 11.0. The van der Waals surface area contributed by atoms with E-state index < -0.39 is 23.5 Å². The minimum absolute atomic E-state index is 0. The largest absolute Gasteiger partial charge is 0.324 e. The van der Waals surface area contributed by atoms with Crippen molar-refractivity contribution in [1.82, 2.24) is 0 Å². The predicted molar refractivity (Wildman–Crippen MR) is 57.8 cm³/mol. The third-order valence-corrected chi connectivity index (χ3v) is 2.73. The zero-order valence-electron chi connectivity index (χ0n) is 8.55. The summed E-state index contributed by atoms with van der Waals surface area (Å²) < 4.78 is 39.4. The number of nitrogens with two attached hydrogens (primary N) is 1. The van der Waals surface area contributed by atoms with E-state index >= 15 is 0 Å². The maximum absolute atomic E-state index is 13.3. The molecule has 0 amide bonds. The van der Waals surface area contributed by atoms with Gasteiger partial charge in [-0.3, -0.25) is 0 Å². The third-order valence-electron chi connectivity index (χ3n) is 2.73. The molecule has 1 saturated carbocycles. The Bertz CT molecular complexity index is 380. The van der Waals surface area contributed by atoms with Crippen LogP contribution in [0.5, 0.6) is 0 Å². The quantitative estimate of drug-likeness (QED) is 0.820. The molecule has 0 aromatic heterocycles. The van der Waals surface area contributed by atoms with Crippen molar-refractivity contribution < 1.29 is 13.2 Å². The Labute approximate surface area is 98.2 Å². The molecule has 0 bridgehead atoms. The van der Waals surface area contributed by atoms with Gasteiger partial charge in [-0.2, -0.15) is 0 Å². The topological polar surface area (TPSA) is 26.0 Å². The van der Waals surface area contributed by atoms with Crippen molar-refractivity contribution in [2.75, 3.05) is 0 Å². The van der Waals surface area contributed by atoms with Crippen LogP contribution < -0.4 is 5.73 Å². The third kappa shape index (κ3) is 2.68. The SMILES string of the molecule is Cl.N[C@@H](CC1CC1)c1c(F)ccc(F)c1F. The number of benzene rings is 1. The fourth-order valence-corrected chi connectivity index (χ4v) is 1.71. The lowest BCUT2D eigenvalue weighted by Crippen LogP contribution is -2.15. The molecule has 1 atom stereocenters. The lowest BCUT2D eigenvalue weighted by Gasteiger charge is -2.13. The fourth-order valence-electron chi connectivity index (χ4n) is 1.71. The van der Waals surface area contributed by atoms with E-state index in [-0.39, 0.29) is 18.0 Å². The van der Waals surface area contributed by atoms with E-state index in [1.165, 1.54) is 0 Å². The predicted octanol–water partition coefficient (Wildman–Crippen LogP) is 3.33. The van der Waals surface area contributed by atoms with Crippen LogP contribution in [-0.4, -0.2) is 0 Å². The van der Waals surface area contributed by atoms with Gasteiger partial charge in [0.15, 0.2) is 11.6 Å². The molecule has 5 heteroatoms. The van der Waals surface area contributed by atoms with Gasteiger partial charge in [-0.25, -0.2) is 13.2 Å². The zero-order valence-corrected chi connectivity index (χ0v) is 9.37. The molecule has 1 aromatic carbocycles. The summed E-state index contributed by atoms with van der Waals surface area (Å²) in [4.78, 5) is 0. The summed E-state index contributed by atoms with van der Waals surface area (Å²) in [5, 5.41) is 0. The molecule has 1 aromatic rings. The average Bonchev–Trinajstić information content (AvgIpc) is 2.96. The Hall–Kier alpha value is -0.740. The van der Waals surface area contributed by atoms with Crippen molar-refractivity contribution in [1.29, 1.82) is 0 Å². The first-order valence-electron chi connectivity index (χ1n) is 4.98. The molecule has 16 heavy (non-hydrogen) atoms. The van der Waals surface area contributed by atoms with E-state index in [4.69, 9.17) is 5.73 Å². The minimum Gasteiger partial charge on any atom is -0.324 e.